The van der Waals surface area contributed by atoms with E-state index in [1.807, 2.05) is 13.8 Å². The zero-order chi connectivity index (χ0) is 34.3. The van der Waals surface area contributed by atoms with E-state index in [1.54, 1.807) is 17.0 Å². The van der Waals surface area contributed by atoms with Crippen LogP contribution >= 0.6 is 0 Å². The van der Waals surface area contributed by atoms with E-state index in [0.717, 1.165) is 0 Å². The van der Waals surface area contributed by atoms with Gasteiger partial charge < -0.3 is 19.5 Å². The molecule has 6 rings (SSSR count). The van der Waals surface area contributed by atoms with E-state index in [0.29, 0.717) is 43.4 Å². The molecule has 1 N–H and O–H groups in total. The molecule has 3 aliphatic heterocycles. The van der Waals surface area contributed by atoms with E-state index < -0.39 is 69.8 Å². The topological polar surface area (TPSA) is 110 Å². The highest BCUT2D eigenvalue weighted by Crippen LogP contribution is 2.47. The maximum Gasteiger partial charge on any atom is 0.274 e. The van der Waals surface area contributed by atoms with Crippen LogP contribution in [0.2, 0.25) is 0 Å². The van der Waals surface area contributed by atoms with Gasteiger partial charge in [-0.25, -0.2) is 22.6 Å². The number of benzene rings is 2. The molecule has 2 bridgehead atoms. The average Bonchev–Trinajstić information content (AvgIpc) is 3.30. The Morgan fingerprint density at radius 3 is 2.46 bits per heavy atom. The molecule has 3 aromatic rings. The molecule has 0 aliphatic carbocycles. The molecule has 3 amide bonds. The molecule has 2 saturated heterocycles. The normalized spacial score (nSPS) is 21.8. The number of rotatable bonds is 9. The summed E-state index contributed by atoms with van der Waals surface area (Å²) in [6.45, 7) is 3.27. The first-order valence-corrected chi connectivity index (χ1v) is 15.8. The minimum Gasteiger partial charge on any atom is -0.487 e. The Hall–Kier alpha value is -4.72. The van der Waals surface area contributed by atoms with Crippen LogP contribution in [0.1, 0.15) is 84.0 Å². The van der Waals surface area contributed by atoms with Gasteiger partial charge >= 0.3 is 0 Å². The number of halogens is 4. The predicted molar refractivity (Wildman–Crippen MR) is 163 cm³/mol. The number of hydrogen-bond donors (Lipinski definition) is 1. The second-order valence-electron chi connectivity index (χ2n) is 12.4. The van der Waals surface area contributed by atoms with E-state index in [2.05, 4.69) is 5.32 Å². The maximum absolute atomic E-state index is 14.3. The number of ether oxygens (including phenoxy) is 1. The lowest BCUT2D eigenvalue weighted by Gasteiger charge is -2.42. The summed E-state index contributed by atoms with van der Waals surface area (Å²) in [7, 11) is 0. The summed E-state index contributed by atoms with van der Waals surface area (Å²) in [5, 5.41) is 3.54. The van der Waals surface area contributed by atoms with E-state index in [4.69, 9.17) is 9.57 Å². The molecular weight excluding hydrogens is 636 g/mol. The highest BCUT2D eigenvalue weighted by molar-refractivity contribution is 5.99. The first-order chi connectivity index (χ1) is 22.9. The van der Waals surface area contributed by atoms with Gasteiger partial charge in [-0.15, -0.1) is 0 Å². The Morgan fingerprint density at radius 1 is 1.06 bits per heavy atom. The van der Waals surface area contributed by atoms with Gasteiger partial charge in [0.15, 0.2) is 11.4 Å². The number of carbonyl (C=O) groups excluding carboxylic acids is 3. The highest BCUT2D eigenvalue weighted by atomic mass is 19.1. The molecule has 1 aromatic heterocycles. The lowest BCUT2D eigenvalue weighted by atomic mass is 9.85. The Morgan fingerprint density at radius 2 is 1.77 bits per heavy atom. The molecule has 3 atom stereocenters. The number of pyridine rings is 1. The molecule has 1 spiro atoms. The van der Waals surface area contributed by atoms with Crippen molar-refractivity contribution in [1.29, 1.82) is 0 Å². The van der Waals surface area contributed by atoms with Crippen LogP contribution in [0.4, 0.5) is 17.6 Å². The fourth-order valence-corrected chi connectivity index (χ4v) is 6.59. The second-order valence-corrected chi connectivity index (χ2v) is 12.4. The molecule has 4 heterocycles. The molecule has 0 unspecified atom stereocenters. The van der Waals surface area contributed by atoms with Crippen molar-refractivity contribution < 1.29 is 41.5 Å². The largest absolute Gasteiger partial charge is 0.487 e. The van der Waals surface area contributed by atoms with Crippen LogP contribution in [0.25, 0.3) is 0 Å². The van der Waals surface area contributed by atoms with E-state index in [1.165, 1.54) is 28.0 Å². The van der Waals surface area contributed by atoms with Crippen LogP contribution in [-0.2, 0) is 22.7 Å². The Bertz CT molecular complexity index is 1810. The van der Waals surface area contributed by atoms with Crippen molar-refractivity contribution in [3.8, 4) is 5.75 Å². The minimum absolute atomic E-state index is 0.0400. The number of fused-ring (bicyclic) bond motifs is 5. The van der Waals surface area contributed by atoms with E-state index >= 15 is 0 Å². The molecule has 0 saturated carbocycles. The monoisotopic (exact) mass is 670 g/mol. The van der Waals surface area contributed by atoms with E-state index in [9.17, 15) is 36.7 Å². The van der Waals surface area contributed by atoms with Gasteiger partial charge in [-0.05, 0) is 43.9 Å². The van der Waals surface area contributed by atoms with Crippen LogP contribution in [-0.4, -0.2) is 57.0 Å². The van der Waals surface area contributed by atoms with Crippen molar-refractivity contribution in [2.24, 2.45) is 0 Å². The van der Waals surface area contributed by atoms with Crippen molar-refractivity contribution in [3.63, 3.8) is 0 Å². The maximum atomic E-state index is 14.3. The molecule has 2 aromatic carbocycles. The molecule has 0 radical (unpaired) electrons. The van der Waals surface area contributed by atoms with Crippen LogP contribution in [0, 0.1) is 23.3 Å². The van der Waals surface area contributed by atoms with Gasteiger partial charge in [-0.2, -0.15) is 0 Å². The van der Waals surface area contributed by atoms with Gasteiger partial charge in [0.2, 0.25) is 11.3 Å². The third-order valence-electron chi connectivity index (χ3n) is 9.27. The molecule has 48 heavy (non-hydrogen) atoms. The van der Waals surface area contributed by atoms with Crippen molar-refractivity contribution >= 4 is 17.7 Å². The summed E-state index contributed by atoms with van der Waals surface area (Å²) in [5.41, 5.74) is -2.63. The molecule has 2 fully saturated rings. The minimum atomic E-state index is -1.22. The summed E-state index contributed by atoms with van der Waals surface area (Å²) in [5.74, 6) is -6.17. The van der Waals surface area contributed by atoms with Gasteiger partial charge in [-0.3, -0.25) is 24.0 Å². The molecule has 10 nitrogen and oxygen atoms in total. The lowest BCUT2D eigenvalue weighted by molar-refractivity contribution is -0.218. The van der Waals surface area contributed by atoms with Gasteiger partial charge in [0.05, 0.1) is 25.6 Å². The Labute approximate surface area is 273 Å². The third-order valence-corrected chi connectivity index (χ3v) is 9.27. The van der Waals surface area contributed by atoms with Crippen LogP contribution in [0.3, 0.4) is 0 Å². The van der Waals surface area contributed by atoms with Gasteiger partial charge in [0, 0.05) is 43.0 Å². The number of aromatic nitrogens is 1. The fourth-order valence-electron chi connectivity index (χ4n) is 6.59. The van der Waals surface area contributed by atoms with Crippen molar-refractivity contribution in [3.05, 3.63) is 98.5 Å². The summed E-state index contributed by atoms with van der Waals surface area (Å²) in [6, 6.07) is 5.55. The van der Waals surface area contributed by atoms with Gasteiger partial charge in [0.25, 0.3) is 11.8 Å². The van der Waals surface area contributed by atoms with Crippen LogP contribution < -0.4 is 15.5 Å². The zero-order valence-corrected chi connectivity index (χ0v) is 26.4. The summed E-state index contributed by atoms with van der Waals surface area (Å²) < 4.78 is 63.0. The van der Waals surface area contributed by atoms with Crippen molar-refractivity contribution in [2.75, 3.05) is 13.2 Å². The number of carbonyl (C=O) groups is 3. The number of hydrogen-bond acceptors (Lipinski definition) is 6. The quantitative estimate of drug-likeness (QED) is 0.259. The lowest BCUT2D eigenvalue weighted by Crippen LogP contribution is -2.52. The van der Waals surface area contributed by atoms with Crippen molar-refractivity contribution in [2.45, 2.75) is 76.7 Å². The summed E-state index contributed by atoms with van der Waals surface area (Å²) >= 11 is 0. The second kappa shape index (κ2) is 13.1. The molecule has 254 valence electrons. The summed E-state index contributed by atoms with van der Waals surface area (Å²) in [6.07, 6.45) is 3.18. The first-order valence-electron chi connectivity index (χ1n) is 15.8. The SMILES string of the molecule is CCCCOc1c2n(cc(C(=O)NCc3c(F)cc(F)cc3F)c1=O)[C@@H]1CN(C2=O)[C@@H](C)CC[C@@]12CC(=O)N(Cc1ccc(F)cc1)O2. The number of unbranched alkanes of at least 4 members (excludes halogenated alkanes) is 1. The Kier molecular flexibility index (Phi) is 9.03. The van der Waals surface area contributed by atoms with Crippen LogP contribution in [0.15, 0.2) is 47.4 Å². The number of nitrogens with one attached hydrogen (secondary N) is 1. The Balaban J connectivity index is 1.41. The number of amides is 3. The van der Waals surface area contributed by atoms with Gasteiger partial charge in [0.1, 0.15) is 34.4 Å². The molecular formula is C34H34F4N4O6. The third kappa shape index (κ3) is 6.04. The fraction of sp³-hybridized carbons (Fsp3) is 0.412. The predicted octanol–water partition coefficient (Wildman–Crippen LogP) is 4.80. The molecule has 14 heteroatoms. The number of nitrogens with zero attached hydrogens (tertiary/aromatic N) is 3. The van der Waals surface area contributed by atoms with Gasteiger partial charge in [-0.1, -0.05) is 25.5 Å². The molecule has 3 aliphatic rings. The zero-order valence-electron chi connectivity index (χ0n) is 26.4. The number of hydroxylamine groups is 2. The first kappa shape index (κ1) is 33.2. The summed E-state index contributed by atoms with van der Waals surface area (Å²) in [4.78, 5) is 62.9. The smallest absolute Gasteiger partial charge is 0.274 e. The van der Waals surface area contributed by atoms with Crippen LogP contribution in [0.5, 0.6) is 5.75 Å². The standard InChI is InChI=1S/C34H34F4N4O6/c1-3-4-11-47-31-29-33(46)40-18-27(34(10-9-19(40)2)14-28(43)42(48-34)16-20-5-7-21(35)8-6-20)41(29)17-24(30(31)44)32(45)39-15-23-25(37)12-22(36)13-26(23)38/h5-8,12-13,17,19,27H,3-4,9-11,14-16,18H2,1-2H3,(H,39,45)/t19-,27+,34+/m0/s1. The van der Waals surface area contributed by atoms with Crippen molar-refractivity contribution in [1.82, 2.24) is 19.8 Å². The highest BCUT2D eigenvalue weighted by Gasteiger charge is 2.56. The van der Waals surface area contributed by atoms with E-state index in [-0.39, 0.29) is 49.5 Å². The average molecular weight is 671 g/mol.